The Labute approximate surface area is 121 Å². The second-order valence-corrected chi connectivity index (χ2v) is 9.16. The van der Waals surface area contributed by atoms with E-state index < -0.39 is 10.0 Å². The molecule has 1 unspecified atom stereocenters. The molecule has 1 atom stereocenters. The van der Waals surface area contributed by atoms with Crippen LogP contribution >= 0.6 is 22.7 Å². The molecule has 1 saturated heterocycles. The summed E-state index contributed by atoms with van der Waals surface area (Å²) in [5, 5.41) is 2.05. The first kappa shape index (κ1) is 13.3. The van der Waals surface area contributed by atoms with Gasteiger partial charge in [0.15, 0.2) is 0 Å². The third kappa shape index (κ3) is 2.50. The summed E-state index contributed by atoms with van der Waals surface area (Å²) in [5.74, 6) is 0.357. The molecule has 3 nitrogen and oxygen atoms in total. The summed E-state index contributed by atoms with van der Waals surface area (Å²) in [6.45, 7) is 3.17. The number of hydrogen-bond donors (Lipinski definition) is 0. The zero-order chi connectivity index (χ0) is 13.5. The highest BCUT2D eigenvalue weighted by molar-refractivity contribution is 7.91. The maximum Gasteiger partial charge on any atom is 0.252 e. The van der Waals surface area contributed by atoms with E-state index in [0.717, 1.165) is 11.3 Å². The van der Waals surface area contributed by atoms with Crippen LogP contribution in [-0.2, 0) is 10.0 Å². The third-order valence-electron chi connectivity index (χ3n) is 3.41. The molecule has 0 spiro atoms. The van der Waals surface area contributed by atoms with Crippen LogP contribution in [0.5, 0.6) is 0 Å². The van der Waals surface area contributed by atoms with Crippen LogP contribution in [0.1, 0.15) is 22.1 Å². The summed E-state index contributed by atoms with van der Waals surface area (Å²) in [6.07, 6.45) is 0.921. The van der Waals surface area contributed by atoms with Gasteiger partial charge in [-0.1, -0.05) is 6.07 Å². The molecule has 0 saturated carbocycles. The Hall–Kier alpha value is -0.690. The zero-order valence-corrected chi connectivity index (χ0v) is 13.0. The standard InChI is InChI=1S/C13H15NO2S3/c1-10-4-5-13(18-10)19(15,16)14-7-6-11(9-14)12-3-2-8-17-12/h2-5,8,11H,6-7,9H2,1H3. The largest absolute Gasteiger partial charge is 0.252 e. The minimum Gasteiger partial charge on any atom is -0.206 e. The number of rotatable bonds is 3. The van der Waals surface area contributed by atoms with Crippen molar-refractivity contribution < 1.29 is 8.42 Å². The first-order valence-electron chi connectivity index (χ1n) is 6.17. The summed E-state index contributed by atoms with van der Waals surface area (Å²) in [4.78, 5) is 2.33. The molecule has 2 aromatic rings. The summed E-state index contributed by atoms with van der Waals surface area (Å²) in [5.41, 5.74) is 0. The van der Waals surface area contributed by atoms with Crippen molar-refractivity contribution >= 4 is 32.7 Å². The van der Waals surface area contributed by atoms with E-state index in [0.29, 0.717) is 23.2 Å². The topological polar surface area (TPSA) is 37.4 Å². The van der Waals surface area contributed by atoms with E-state index in [4.69, 9.17) is 0 Å². The summed E-state index contributed by atoms with van der Waals surface area (Å²) in [6, 6.07) is 7.71. The van der Waals surface area contributed by atoms with E-state index in [1.54, 1.807) is 21.7 Å². The molecular formula is C13H15NO2S3. The van der Waals surface area contributed by atoms with E-state index in [9.17, 15) is 8.42 Å². The molecule has 0 aromatic carbocycles. The molecule has 3 rings (SSSR count). The van der Waals surface area contributed by atoms with Gasteiger partial charge in [0.25, 0.3) is 10.0 Å². The molecule has 2 aromatic heterocycles. The van der Waals surface area contributed by atoms with Gasteiger partial charge in [0, 0.05) is 28.8 Å². The Balaban J connectivity index is 1.81. The normalized spacial score (nSPS) is 21.0. The molecule has 0 N–H and O–H groups in total. The second-order valence-electron chi connectivity index (χ2n) is 4.73. The van der Waals surface area contributed by atoms with Gasteiger partial charge < -0.3 is 0 Å². The third-order valence-corrected chi connectivity index (χ3v) is 7.77. The molecule has 0 radical (unpaired) electrons. The minimum atomic E-state index is -3.29. The first-order valence-corrected chi connectivity index (χ1v) is 9.31. The van der Waals surface area contributed by atoms with Gasteiger partial charge in [-0.2, -0.15) is 4.31 Å². The van der Waals surface area contributed by atoms with E-state index in [1.165, 1.54) is 16.2 Å². The van der Waals surface area contributed by atoms with Crippen molar-refractivity contribution in [2.24, 2.45) is 0 Å². The van der Waals surface area contributed by atoms with Gasteiger partial charge in [0.1, 0.15) is 4.21 Å². The van der Waals surface area contributed by atoms with Crippen molar-refractivity contribution in [1.29, 1.82) is 0 Å². The van der Waals surface area contributed by atoms with Crippen LogP contribution < -0.4 is 0 Å². The van der Waals surface area contributed by atoms with Crippen molar-refractivity contribution in [2.75, 3.05) is 13.1 Å². The van der Waals surface area contributed by atoms with Gasteiger partial charge in [-0.25, -0.2) is 8.42 Å². The van der Waals surface area contributed by atoms with Crippen molar-refractivity contribution in [2.45, 2.75) is 23.5 Å². The number of sulfonamides is 1. The number of nitrogens with zero attached hydrogens (tertiary/aromatic N) is 1. The van der Waals surface area contributed by atoms with Crippen LogP contribution in [0.25, 0.3) is 0 Å². The minimum absolute atomic E-state index is 0.357. The quantitative estimate of drug-likeness (QED) is 0.872. The maximum absolute atomic E-state index is 12.5. The van der Waals surface area contributed by atoms with Gasteiger partial charge in [0.2, 0.25) is 0 Å². The fourth-order valence-corrected chi connectivity index (χ4v) is 6.17. The van der Waals surface area contributed by atoms with Gasteiger partial charge in [-0.3, -0.25) is 0 Å². The van der Waals surface area contributed by atoms with Crippen LogP contribution in [0.3, 0.4) is 0 Å². The SMILES string of the molecule is Cc1ccc(S(=O)(=O)N2CCC(c3cccs3)C2)s1. The van der Waals surface area contributed by atoms with Crippen molar-refractivity contribution in [3.8, 4) is 0 Å². The van der Waals surface area contributed by atoms with Crippen LogP contribution in [0.15, 0.2) is 33.9 Å². The molecule has 19 heavy (non-hydrogen) atoms. The molecular weight excluding hydrogens is 298 g/mol. The maximum atomic E-state index is 12.5. The molecule has 0 amide bonds. The van der Waals surface area contributed by atoms with Gasteiger partial charge in [0.05, 0.1) is 0 Å². The predicted octanol–water partition coefficient (Wildman–Crippen LogP) is 3.30. The molecule has 1 aliphatic rings. The monoisotopic (exact) mass is 313 g/mol. The summed E-state index contributed by atoms with van der Waals surface area (Å²) in [7, 11) is -3.29. The van der Waals surface area contributed by atoms with Gasteiger partial charge >= 0.3 is 0 Å². The lowest BCUT2D eigenvalue weighted by Gasteiger charge is -2.14. The number of thiophene rings is 2. The smallest absolute Gasteiger partial charge is 0.206 e. The second kappa shape index (κ2) is 5.01. The van der Waals surface area contributed by atoms with Gasteiger partial charge in [-0.05, 0) is 36.9 Å². The van der Waals surface area contributed by atoms with E-state index in [1.807, 2.05) is 19.1 Å². The Morgan fingerprint density at radius 2 is 2.16 bits per heavy atom. The fraction of sp³-hybridized carbons (Fsp3) is 0.385. The van der Waals surface area contributed by atoms with Crippen molar-refractivity contribution in [3.05, 3.63) is 39.4 Å². The van der Waals surface area contributed by atoms with E-state index in [2.05, 4.69) is 11.4 Å². The Bertz CT molecular complexity index is 658. The Kier molecular flexibility index (Phi) is 3.51. The van der Waals surface area contributed by atoms with Gasteiger partial charge in [-0.15, -0.1) is 22.7 Å². The summed E-state index contributed by atoms with van der Waals surface area (Å²) >= 11 is 3.07. The van der Waals surface area contributed by atoms with Crippen LogP contribution in [0, 0.1) is 6.92 Å². The number of hydrogen-bond acceptors (Lipinski definition) is 4. The van der Waals surface area contributed by atoms with Crippen molar-refractivity contribution in [3.63, 3.8) is 0 Å². The fourth-order valence-electron chi connectivity index (χ4n) is 2.38. The molecule has 1 aliphatic heterocycles. The lowest BCUT2D eigenvalue weighted by Crippen LogP contribution is -2.27. The lowest BCUT2D eigenvalue weighted by molar-refractivity contribution is 0.475. The van der Waals surface area contributed by atoms with E-state index in [-0.39, 0.29) is 0 Å². The molecule has 0 aliphatic carbocycles. The molecule has 3 heterocycles. The molecule has 6 heteroatoms. The average molecular weight is 313 g/mol. The summed E-state index contributed by atoms with van der Waals surface area (Å²) < 4.78 is 27.1. The number of aryl methyl sites for hydroxylation is 1. The average Bonchev–Trinajstić information content (AvgIpc) is 3.10. The predicted molar refractivity (Wildman–Crippen MR) is 79.5 cm³/mol. The van der Waals surface area contributed by atoms with Crippen LogP contribution in [-0.4, -0.2) is 25.8 Å². The van der Waals surface area contributed by atoms with Crippen LogP contribution in [0.2, 0.25) is 0 Å². The Morgan fingerprint density at radius 1 is 1.32 bits per heavy atom. The van der Waals surface area contributed by atoms with E-state index >= 15 is 0 Å². The van der Waals surface area contributed by atoms with Crippen LogP contribution in [0.4, 0.5) is 0 Å². The highest BCUT2D eigenvalue weighted by atomic mass is 32.2. The first-order chi connectivity index (χ1) is 9.07. The molecule has 1 fully saturated rings. The highest BCUT2D eigenvalue weighted by Crippen LogP contribution is 2.34. The zero-order valence-electron chi connectivity index (χ0n) is 10.6. The Morgan fingerprint density at radius 3 is 2.79 bits per heavy atom. The molecule has 0 bridgehead atoms. The molecule has 102 valence electrons. The lowest BCUT2D eigenvalue weighted by atomic mass is 10.1. The highest BCUT2D eigenvalue weighted by Gasteiger charge is 2.34. The van der Waals surface area contributed by atoms with Crippen molar-refractivity contribution in [1.82, 2.24) is 4.31 Å².